The molecule has 0 fully saturated rings. The molecule has 0 saturated heterocycles. The number of nitrogens with one attached hydrogen (secondary N) is 1. The van der Waals surface area contributed by atoms with E-state index in [0.717, 1.165) is 5.56 Å². The highest BCUT2D eigenvalue weighted by Gasteiger charge is 2.23. The molecular weight excluding hydrogens is 350 g/mol. The minimum atomic E-state index is -1.09. The van der Waals surface area contributed by atoms with E-state index < -0.39 is 17.9 Å². The summed E-state index contributed by atoms with van der Waals surface area (Å²) >= 11 is 1.36. The van der Waals surface area contributed by atoms with E-state index in [1.807, 2.05) is 48.5 Å². The molecule has 0 bridgehead atoms. The fourth-order valence-electron chi connectivity index (χ4n) is 2.48. The lowest BCUT2D eigenvalue weighted by atomic mass is 10.0. The third-order valence-electron chi connectivity index (χ3n) is 3.78. The van der Waals surface area contributed by atoms with Crippen LogP contribution in [0.15, 0.2) is 60.7 Å². The molecule has 6 heteroatoms. The first kappa shape index (κ1) is 19.7. The summed E-state index contributed by atoms with van der Waals surface area (Å²) in [4.78, 5) is 35.1. The summed E-state index contributed by atoms with van der Waals surface area (Å²) in [7, 11) is 0. The van der Waals surface area contributed by atoms with Gasteiger partial charge in [-0.25, -0.2) is 4.79 Å². The Morgan fingerprint density at radius 2 is 1.58 bits per heavy atom. The maximum Gasteiger partial charge on any atom is 0.327 e. The Labute approximate surface area is 156 Å². The van der Waals surface area contributed by atoms with E-state index in [-0.39, 0.29) is 23.2 Å². The maximum atomic E-state index is 12.6. The SMILES string of the molecule is CC(=O)N[C@H](CS[C@@H](CC(=O)c1ccccc1)c1ccccc1)C(=O)O. The summed E-state index contributed by atoms with van der Waals surface area (Å²) in [5.74, 6) is -1.31. The molecule has 2 aromatic carbocycles. The summed E-state index contributed by atoms with van der Waals surface area (Å²) in [5, 5.41) is 11.5. The van der Waals surface area contributed by atoms with Crippen LogP contribution in [0.4, 0.5) is 0 Å². The predicted octanol–water partition coefficient (Wildman–Crippen LogP) is 3.32. The van der Waals surface area contributed by atoms with Gasteiger partial charge in [-0.3, -0.25) is 9.59 Å². The Bertz CT molecular complexity index is 749. The molecule has 0 heterocycles. The van der Waals surface area contributed by atoms with Gasteiger partial charge in [-0.15, -0.1) is 0 Å². The van der Waals surface area contributed by atoms with Crippen LogP contribution in [0.3, 0.4) is 0 Å². The average molecular weight is 371 g/mol. The standard InChI is InChI=1S/C20H21NO4S/c1-14(22)21-17(20(24)25)13-26-19(16-10-6-3-7-11-16)12-18(23)15-8-4-2-5-9-15/h2-11,17,19H,12-13H2,1H3,(H,21,22)(H,24,25)/t17-,19+/m1/s1. The Kier molecular flexibility index (Phi) is 7.41. The molecule has 2 atom stereocenters. The Balaban J connectivity index is 2.13. The average Bonchev–Trinajstić information content (AvgIpc) is 2.64. The van der Waals surface area contributed by atoms with Crippen molar-refractivity contribution in [1.82, 2.24) is 5.32 Å². The van der Waals surface area contributed by atoms with Crippen LogP contribution in [-0.2, 0) is 9.59 Å². The van der Waals surface area contributed by atoms with Crippen LogP contribution < -0.4 is 5.32 Å². The number of ketones is 1. The fourth-order valence-corrected chi connectivity index (χ4v) is 3.75. The lowest BCUT2D eigenvalue weighted by Crippen LogP contribution is -2.41. The van der Waals surface area contributed by atoms with E-state index in [1.165, 1.54) is 18.7 Å². The molecule has 26 heavy (non-hydrogen) atoms. The number of Topliss-reactive ketones (excluding diaryl/α,β-unsaturated/α-hetero) is 1. The Morgan fingerprint density at radius 1 is 1.00 bits per heavy atom. The molecule has 1 amide bonds. The summed E-state index contributed by atoms with van der Waals surface area (Å²) in [5.41, 5.74) is 1.58. The first-order chi connectivity index (χ1) is 12.5. The molecule has 0 spiro atoms. The number of hydrogen-bond acceptors (Lipinski definition) is 4. The molecule has 0 aliphatic carbocycles. The van der Waals surface area contributed by atoms with Crippen LogP contribution in [0.1, 0.15) is 34.5 Å². The summed E-state index contributed by atoms with van der Waals surface area (Å²) in [6.07, 6.45) is 0.255. The zero-order valence-electron chi connectivity index (χ0n) is 14.4. The number of carboxylic acid groups (broad SMARTS) is 1. The van der Waals surface area contributed by atoms with Crippen LogP contribution >= 0.6 is 11.8 Å². The van der Waals surface area contributed by atoms with Gasteiger partial charge in [0, 0.05) is 29.9 Å². The van der Waals surface area contributed by atoms with Gasteiger partial charge in [0.25, 0.3) is 0 Å². The van der Waals surface area contributed by atoms with Gasteiger partial charge < -0.3 is 10.4 Å². The molecule has 136 valence electrons. The number of rotatable bonds is 9. The molecule has 0 unspecified atom stereocenters. The van der Waals surface area contributed by atoms with Gasteiger partial charge in [0.05, 0.1) is 0 Å². The van der Waals surface area contributed by atoms with E-state index in [2.05, 4.69) is 5.32 Å². The van der Waals surface area contributed by atoms with Crippen molar-refractivity contribution in [3.8, 4) is 0 Å². The number of carboxylic acids is 1. The monoisotopic (exact) mass is 371 g/mol. The number of amides is 1. The molecule has 0 aromatic heterocycles. The second kappa shape index (κ2) is 9.77. The van der Waals surface area contributed by atoms with Crippen molar-refractivity contribution in [1.29, 1.82) is 0 Å². The third-order valence-corrected chi connectivity index (χ3v) is 5.14. The van der Waals surface area contributed by atoms with E-state index in [0.29, 0.717) is 5.56 Å². The van der Waals surface area contributed by atoms with E-state index in [4.69, 9.17) is 0 Å². The van der Waals surface area contributed by atoms with Gasteiger partial charge >= 0.3 is 5.97 Å². The summed E-state index contributed by atoms with van der Waals surface area (Å²) < 4.78 is 0. The zero-order chi connectivity index (χ0) is 18.9. The Morgan fingerprint density at radius 3 is 2.12 bits per heavy atom. The molecule has 2 rings (SSSR count). The van der Waals surface area contributed by atoms with Crippen molar-refractivity contribution in [3.63, 3.8) is 0 Å². The van der Waals surface area contributed by atoms with Gasteiger partial charge in [0.1, 0.15) is 6.04 Å². The van der Waals surface area contributed by atoms with Crippen LogP contribution in [0.5, 0.6) is 0 Å². The second-order valence-electron chi connectivity index (χ2n) is 5.82. The number of aliphatic carboxylic acids is 1. The molecular formula is C20H21NO4S. The maximum absolute atomic E-state index is 12.6. The topological polar surface area (TPSA) is 83.5 Å². The lowest BCUT2D eigenvalue weighted by molar-refractivity contribution is -0.140. The third kappa shape index (κ3) is 6.04. The number of thioether (sulfide) groups is 1. The predicted molar refractivity (Wildman–Crippen MR) is 102 cm³/mol. The van der Waals surface area contributed by atoms with Crippen LogP contribution in [0.25, 0.3) is 0 Å². The molecule has 0 saturated carbocycles. The van der Waals surface area contributed by atoms with Crippen molar-refractivity contribution < 1.29 is 19.5 Å². The van der Waals surface area contributed by atoms with Gasteiger partial charge in [-0.2, -0.15) is 11.8 Å². The normalized spacial score (nSPS) is 12.8. The largest absolute Gasteiger partial charge is 0.480 e. The highest BCUT2D eigenvalue weighted by molar-refractivity contribution is 7.99. The van der Waals surface area contributed by atoms with Crippen molar-refractivity contribution in [2.45, 2.75) is 24.6 Å². The first-order valence-electron chi connectivity index (χ1n) is 8.22. The van der Waals surface area contributed by atoms with Crippen molar-refractivity contribution in [2.75, 3.05) is 5.75 Å². The molecule has 0 aliphatic heterocycles. The minimum Gasteiger partial charge on any atom is -0.480 e. The lowest BCUT2D eigenvalue weighted by Gasteiger charge is -2.19. The van der Waals surface area contributed by atoms with Crippen LogP contribution in [0, 0.1) is 0 Å². The number of carbonyl (C=O) groups is 3. The Hall–Kier alpha value is -2.60. The molecule has 0 aliphatic rings. The van der Waals surface area contributed by atoms with E-state index >= 15 is 0 Å². The molecule has 2 N–H and O–H groups in total. The van der Waals surface area contributed by atoms with E-state index in [1.54, 1.807) is 12.1 Å². The first-order valence-corrected chi connectivity index (χ1v) is 9.27. The van der Waals surface area contributed by atoms with Crippen molar-refractivity contribution in [3.05, 3.63) is 71.8 Å². The van der Waals surface area contributed by atoms with Crippen LogP contribution in [-0.4, -0.2) is 34.6 Å². The number of benzene rings is 2. The quantitative estimate of drug-likeness (QED) is 0.661. The van der Waals surface area contributed by atoms with Crippen molar-refractivity contribution >= 4 is 29.4 Å². The highest BCUT2D eigenvalue weighted by atomic mass is 32.2. The molecule has 0 radical (unpaired) electrons. The second-order valence-corrected chi connectivity index (χ2v) is 7.05. The zero-order valence-corrected chi connectivity index (χ0v) is 15.2. The van der Waals surface area contributed by atoms with Gasteiger partial charge in [-0.05, 0) is 5.56 Å². The number of hydrogen-bond donors (Lipinski definition) is 2. The van der Waals surface area contributed by atoms with Crippen molar-refractivity contribution in [2.24, 2.45) is 0 Å². The van der Waals surface area contributed by atoms with Gasteiger partial charge in [0.2, 0.25) is 5.91 Å². The van der Waals surface area contributed by atoms with Gasteiger partial charge in [0.15, 0.2) is 5.78 Å². The smallest absolute Gasteiger partial charge is 0.327 e. The highest BCUT2D eigenvalue weighted by Crippen LogP contribution is 2.33. The minimum absolute atomic E-state index is 0.00152. The molecule has 5 nitrogen and oxygen atoms in total. The van der Waals surface area contributed by atoms with E-state index in [9.17, 15) is 19.5 Å². The fraction of sp³-hybridized carbons (Fsp3) is 0.250. The molecule has 2 aromatic rings. The summed E-state index contributed by atoms with van der Waals surface area (Å²) in [6, 6.07) is 17.5. The van der Waals surface area contributed by atoms with Crippen LogP contribution in [0.2, 0.25) is 0 Å². The van der Waals surface area contributed by atoms with Gasteiger partial charge in [-0.1, -0.05) is 60.7 Å². The number of carbonyl (C=O) groups excluding carboxylic acids is 2. The summed E-state index contributed by atoms with van der Waals surface area (Å²) in [6.45, 7) is 1.29.